The fourth-order valence-corrected chi connectivity index (χ4v) is 4.80. The van der Waals surface area contributed by atoms with Crippen molar-refractivity contribution < 1.29 is 14.7 Å². The van der Waals surface area contributed by atoms with Gasteiger partial charge in [0.25, 0.3) is 0 Å². The molecule has 2 fully saturated rings. The molecule has 1 aromatic heterocycles. The first-order valence-electron chi connectivity index (χ1n) is 12.7. The quantitative estimate of drug-likeness (QED) is 0.399. The molecule has 38 heavy (non-hydrogen) atoms. The Bertz CT molecular complexity index is 1220. The number of aromatic nitrogens is 2. The van der Waals surface area contributed by atoms with Crippen LogP contribution in [0.2, 0.25) is 5.02 Å². The van der Waals surface area contributed by atoms with Gasteiger partial charge in [0.05, 0.1) is 12.3 Å². The number of amides is 3. The molecule has 2 aliphatic rings. The lowest BCUT2D eigenvalue weighted by Crippen LogP contribution is -2.60. The lowest BCUT2D eigenvalue weighted by atomic mass is 10.0. The highest BCUT2D eigenvalue weighted by Crippen LogP contribution is 2.23. The maximum absolute atomic E-state index is 12.7. The molecule has 6 N–H and O–H groups in total. The molecule has 0 aliphatic carbocycles. The van der Waals surface area contributed by atoms with E-state index in [1.54, 1.807) is 12.1 Å². The molecule has 4 rings (SSSR count). The van der Waals surface area contributed by atoms with Crippen LogP contribution in [0, 0.1) is 0 Å². The Morgan fingerprint density at radius 2 is 1.79 bits per heavy atom. The summed E-state index contributed by atoms with van der Waals surface area (Å²) in [5.74, 6) is -0.245. The first-order valence-corrected chi connectivity index (χ1v) is 13.1. The van der Waals surface area contributed by atoms with Crippen molar-refractivity contribution in [3.05, 3.63) is 51.5 Å². The van der Waals surface area contributed by atoms with Crippen molar-refractivity contribution in [2.24, 2.45) is 11.5 Å². The van der Waals surface area contributed by atoms with Gasteiger partial charge in [0, 0.05) is 50.0 Å². The van der Waals surface area contributed by atoms with Crippen LogP contribution in [0.4, 0.5) is 10.6 Å². The molecule has 1 aromatic carbocycles. The summed E-state index contributed by atoms with van der Waals surface area (Å²) in [6.07, 6.45) is 3.47. The van der Waals surface area contributed by atoms with Gasteiger partial charge in [0.1, 0.15) is 11.4 Å². The number of urea groups is 1. The number of nitrogens with two attached hydrogens (primary N) is 2. The Kier molecular flexibility index (Phi) is 8.68. The predicted molar refractivity (Wildman–Crippen MR) is 144 cm³/mol. The molecule has 0 spiro atoms. The number of nitrogens with zero attached hydrogens (tertiary/aromatic N) is 5. The number of anilines is 1. The number of aliphatic hydroxyl groups excluding tert-OH is 1. The summed E-state index contributed by atoms with van der Waals surface area (Å²) >= 11 is 6.54. The van der Waals surface area contributed by atoms with E-state index in [2.05, 4.69) is 15.2 Å². The van der Waals surface area contributed by atoms with E-state index in [0.717, 1.165) is 38.0 Å². The van der Waals surface area contributed by atoms with E-state index in [0.29, 0.717) is 10.7 Å². The van der Waals surface area contributed by atoms with Crippen molar-refractivity contribution in [1.29, 1.82) is 0 Å². The van der Waals surface area contributed by atoms with E-state index in [1.165, 1.54) is 27.5 Å². The number of hydrogen-bond acceptors (Lipinski definition) is 8. The number of rotatable bonds is 6. The maximum atomic E-state index is 12.7. The van der Waals surface area contributed by atoms with Crippen molar-refractivity contribution in [2.75, 3.05) is 51.2 Å². The third-order valence-corrected chi connectivity index (χ3v) is 7.40. The molecule has 0 radical (unpaired) electrons. The molecule has 13 heteroatoms. The van der Waals surface area contributed by atoms with Gasteiger partial charge >= 0.3 is 11.7 Å². The third-order valence-electron chi connectivity index (χ3n) is 7.05. The normalized spacial score (nSPS) is 18.8. The SMILES string of the molecule is CC(N)(CO)C(=O)N1CCN(C(=O)Nc2ccn(-c3ccc(CN4CCC(N)CC4)c(Cl)c3)c(=O)n2)CC1. The zero-order valence-corrected chi connectivity index (χ0v) is 22.2. The van der Waals surface area contributed by atoms with Crippen LogP contribution >= 0.6 is 11.6 Å². The van der Waals surface area contributed by atoms with Gasteiger partial charge in [-0.05, 0) is 56.6 Å². The fraction of sp³-hybridized carbons (Fsp3) is 0.520. The Morgan fingerprint density at radius 3 is 2.39 bits per heavy atom. The van der Waals surface area contributed by atoms with E-state index in [-0.39, 0.29) is 43.9 Å². The van der Waals surface area contributed by atoms with Crippen molar-refractivity contribution >= 4 is 29.4 Å². The van der Waals surface area contributed by atoms with Crippen LogP contribution in [0.1, 0.15) is 25.3 Å². The van der Waals surface area contributed by atoms with Gasteiger partial charge < -0.3 is 26.4 Å². The number of aliphatic hydroxyl groups is 1. The molecule has 2 aromatic rings. The lowest BCUT2D eigenvalue weighted by Gasteiger charge is -2.37. The molecule has 3 heterocycles. The summed E-state index contributed by atoms with van der Waals surface area (Å²) in [5, 5.41) is 12.5. The Labute approximate surface area is 226 Å². The molecule has 1 atom stereocenters. The van der Waals surface area contributed by atoms with Crippen molar-refractivity contribution in [1.82, 2.24) is 24.3 Å². The van der Waals surface area contributed by atoms with E-state index in [1.807, 2.05) is 12.1 Å². The number of likely N-dealkylation sites (tertiary alicyclic amines) is 1. The standard InChI is InChI=1S/C25H35ClN8O4/c1-25(28,16-35)22(36)32-10-12-33(13-11-32)23(37)29-21-6-9-34(24(38)30-21)19-3-2-17(20(26)14-19)15-31-7-4-18(27)5-8-31/h2-3,6,9,14,18,35H,4-5,7-8,10-13,15-16,27-28H2,1H3,(H,29,30,37,38). The van der Waals surface area contributed by atoms with Crippen LogP contribution < -0.4 is 22.5 Å². The fourth-order valence-electron chi connectivity index (χ4n) is 4.57. The average Bonchev–Trinajstić information content (AvgIpc) is 2.91. The molecule has 206 valence electrons. The van der Waals surface area contributed by atoms with E-state index < -0.39 is 23.9 Å². The van der Waals surface area contributed by atoms with Gasteiger partial charge in [0.2, 0.25) is 5.91 Å². The number of piperidine rings is 1. The zero-order valence-electron chi connectivity index (χ0n) is 21.5. The number of piperazine rings is 1. The molecule has 12 nitrogen and oxygen atoms in total. The number of hydrogen-bond donors (Lipinski definition) is 4. The van der Waals surface area contributed by atoms with Gasteiger partial charge in [-0.25, -0.2) is 9.59 Å². The monoisotopic (exact) mass is 546 g/mol. The highest BCUT2D eigenvalue weighted by molar-refractivity contribution is 6.31. The molecule has 2 saturated heterocycles. The molecule has 2 aliphatic heterocycles. The van der Waals surface area contributed by atoms with Crippen molar-refractivity contribution in [3.8, 4) is 5.69 Å². The molecule has 0 saturated carbocycles. The van der Waals surface area contributed by atoms with Gasteiger partial charge in [-0.15, -0.1) is 0 Å². The minimum Gasteiger partial charge on any atom is -0.394 e. The minimum absolute atomic E-state index is 0.121. The van der Waals surface area contributed by atoms with Gasteiger partial charge in [0.15, 0.2) is 0 Å². The average molecular weight is 547 g/mol. The van der Waals surface area contributed by atoms with E-state index >= 15 is 0 Å². The second-order valence-electron chi connectivity index (χ2n) is 10.1. The van der Waals surface area contributed by atoms with E-state index in [9.17, 15) is 19.5 Å². The Hall–Kier alpha value is -3.03. The van der Waals surface area contributed by atoms with Crippen molar-refractivity contribution in [2.45, 2.75) is 37.9 Å². The second kappa shape index (κ2) is 11.8. The molecular formula is C25H35ClN8O4. The highest BCUT2D eigenvalue weighted by atomic mass is 35.5. The van der Waals surface area contributed by atoms with E-state index in [4.69, 9.17) is 23.1 Å². The summed E-state index contributed by atoms with van der Waals surface area (Å²) in [6, 6.07) is 6.84. The predicted octanol–water partition coefficient (Wildman–Crippen LogP) is 0.195. The summed E-state index contributed by atoms with van der Waals surface area (Å²) in [7, 11) is 0. The second-order valence-corrected chi connectivity index (χ2v) is 10.5. The Balaban J connectivity index is 1.35. The van der Waals surface area contributed by atoms with Gasteiger partial charge in [-0.1, -0.05) is 17.7 Å². The summed E-state index contributed by atoms with van der Waals surface area (Å²) in [5.41, 5.74) is 11.4. The number of halogens is 1. The first kappa shape index (κ1) is 28.0. The smallest absolute Gasteiger partial charge is 0.354 e. The van der Waals surface area contributed by atoms with Gasteiger partial charge in [-0.2, -0.15) is 4.98 Å². The minimum atomic E-state index is -1.36. The van der Waals surface area contributed by atoms with Crippen molar-refractivity contribution in [3.63, 3.8) is 0 Å². The number of benzene rings is 1. The third kappa shape index (κ3) is 6.51. The number of nitrogens with one attached hydrogen (secondary N) is 1. The number of carbonyl (C=O) groups is 2. The largest absolute Gasteiger partial charge is 0.394 e. The lowest BCUT2D eigenvalue weighted by molar-refractivity contribution is -0.139. The molecule has 0 bridgehead atoms. The maximum Gasteiger partial charge on any atom is 0.354 e. The number of carbonyl (C=O) groups excluding carboxylic acids is 2. The first-order chi connectivity index (χ1) is 18.1. The van der Waals surface area contributed by atoms with Crippen LogP contribution in [0.5, 0.6) is 0 Å². The highest BCUT2D eigenvalue weighted by Gasteiger charge is 2.34. The van der Waals surface area contributed by atoms with Crippen LogP contribution in [-0.2, 0) is 11.3 Å². The van der Waals surface area contributed by atoms with Crippen LogP contribution in [0.15, 0.2) is 35.3 Å². The molecule has 1 unspecified atom stereocenters. The van der Waals surface area contributed by atoms with Crippen LogP contribution in [-0.4, -0.2) is 98.8 Å². The zero-order chi connectivity index (χ0) is 27.4. The Morgan fingerprint density at radius 1 is 1.13 bits per heavy atom. The summed E-state index contributed by atoms with van der Waals surface area (Å²) in [6.45, 7) is 4.73. The summed E-state index contributed by atoms with van der Waals surface area (Å²) in [4.78, 5) is 47.2. The summed E-state index contributed by atoms with van der Waals surface area (Å²) < 4.78 is 1.36. The topological polar surface area (TPSA) is 163 Å². The van der Waals surface area contributed by atoms with Crippen LogP contribution in [0.3, 0.4) is 0 Å². The van der Waals surface area contributed by atoms with Gasteiger partial charge in [-0.3, -0.25) is 19.6 Å². The molecule has 3 amide bonds. The van der Waals surface area contributed by atoms with Crippen LogP contribution in [0.25, 0.3) is 5.69 Å². The molecular weight excluding hydrogens is 512 g/mol.